The maximum atomic E-state index is 12.2. The summed E-state index contributed by atoms with van der Waals surface area (Å²) in [5, 5.41) is -0.0938. The molecule has 1 spiro atoms. The van der Waals surface area contributed by atoms with Crippen LogP contribution in [0.15, 0.2) is 24.5 Å². The van der Waals surface area contributed by atoms with Crippen LogP contribution in [0.25, 0.3) is 0 Å². The van der Waals surface area contributed by atoms with Crippen LogP contribution < -0.4 is 4.74 Å². The maximum Gasteiger partial charge on any atom is 0.217 e. The fourth-order valence-corrected chi connectivity index (χ4v) is 6.76. The van der Waals surface area contributed by atoms with Crippen molar-refractivity contribution in [2.75, 3.05) is 18.8 Å². The summed E-state index contributed by atoms with van der Waals surface area (Å²) in [7, 11) is -3.00. The van der Waals surface area contributed by atoms with Gasteiger partial charge in [-0.1, -0.05) is 0 Å². The highest BCUT2D eigenvalue weighted by molar-refractivity contribution is 8.01. The van der Waals surface area contributed by atoms with Crippen molar-refractivity contribution in [1.29, 1.82) is 0 Å². The first kappa shape index (κ1) is 13.8. The SMILES string of the molecule is O=S(=O)(C1CC1)N1CC2(CC(Oc3cccnc3)CS2)C1. The summed E-state index contributed by atoms with van der Waals surface area (Å²) >= 11 is 1.86. The Morgan fingerprint density at radius 3 is 2.86 bits per heavy atom. The summed E-state index contributed by atoms with van der Waals surface area (Å²) < 4.78 is 32.0. The van der Waals surface area contributed by atoms with Crippen molar-refractivity contribution in [1.82, 2.24) is 9.29 Å². The number of ether oxygens (including phenoxy) is 1. The number of thioether (sulfide) groups is 1. The Balaban J connectivity index is 1.35. The van der Waals surface area contributed by atoms with Crippen LogP contribution in [-0.4, -0.2) is 52.7 Å². The molecule has 1 atom stereocenters. The fourth-order valence-electron chi connectivity index (χ4n) is 3.06. The fraction of sp³-hybridized carbons (Fsp3) is 0.643. The second kappa shape index (κ2) is 4.86. The van der Waals surface area contributed by atoms with Crippen LogP contribution in [0.1, 0.15) is 19.3 Å². The molecule has 0 aromatic carbocycles. The molecular weight excluding hydrogens is 308 g/mol. The first-order chi connectivity index (χ1) is 10.1. The van der Waals surface area contributed by atoms with Crippen LogP contribution in [0.4, 0.5) is 0 Å². The number of hydrogen-bond acceptors (Lipinski definition) is 5. The quantitative estimate of drug-likeness (QED) is 0.839. The van der Waals surface area contributed by atoms with Gasteiger partial charge in [0.05, 0.1) is 11.4 Å². The number of aromatic nitrogens is 1. The van der Waals surface area contributed by atoms with Crippen LogP contribution >= 0.6 is 11.8 Å². The lowest BCUT2D eigenvalue weighted by Crippen LogP contribution is -2.61. The highest BCUT2D eigenvalue weighted by Crippen LogP contribution is 2.48. The maximum absolute atomic E-state index is 12.2. The Bertz CT molecular complexity index is 625. The summed E-state index contributed by atoms with van der Waals surface area (Å²) in [6.45, 7) is 1.31. The molecule has 1 aliphatic carbocycles. The molecule has 21 heavy (non-hydrogen) atoms. The number of hydrogen-bond donors (Lipinski definition) is 0. The zero-order valence-corrected chi connectivity index (χ0v) is 13.3. The lowest BCUT2D eigenvalue weighted by Gasteiger charge is -2.46. The molecule has 1 unspecified atom stereocenters. The van der Waals surface area contributed by atoms with E-state index in [4.69, 9.17) is 4.74 Å². The van der Waals surface area contributed by atoms with E-state index in [-0.39, 0.29) is 16.1 Å². The normalized spacial score (nSPS) is 28.5. The first-order valence-corrected chi connectivity index (χ1v) is 9.76. The Hall–Kier alpha value is -0.790. The Labute approximate surface area is 129 Å². The molecule has 1 aromatic rings. The molecule has 114 valence electrons. The number of sulfonamides is 1. The minimum absolute atomic E-state index is 0.0782. The molecule has 0 N–H and O–H groups in total. The van der Waals surface area contributed by atoms with Gasteiger partial charge < -0.3 is 4.74 Å². The van der Waals surface area contributed by atoms with Crippen molar-refractivity contribution in [3.63, 3.8) is 0 Å². The topological polar surface area (TPSA) is 59.5 Å². The van der Waals surface area contributed by atoms with Crippen molar-refractivity contribution >= 4 is 21.8 Å². The van der Waals surface area contributed by atoms with E-state index >= 15 is 0 Å². The van der Waals surface area contributed by atoms with Gasteiger partial charge in [-0.3, -0.25) is 4.98 Å². The van der Waals surface area contributed by atoms with E-state index in [1.165, 1.54) is 0 Å². The van der Waals surface area contributed by atoms with Gasteiger partial charge in [0.15, 0.2) is 0 Å². The third-order valence-corrected chi connectivity index (χ3v) is 8.21. The van der Waals surface area contributed by atoms with Gasteiger partial charge in [-0.25, -0.2) is 8.42 Å². The van der Waals surface area contributed by atoms with Crippen molar-refractivity contribution in [3.05, 3.63) is 24.5 Å². The van der Waals surface area contributed by atoms with E-state index in [1.807, 2.05) is 23.9 Å². The predicted octanol–water partition coefficient (Wildman–Crippen LogP) is 1.51. The zero-order chi connectivity index (χ0) is 14.5. The average molecular weight is 326 g/mol. The molecule has 4 rings (SSSR count). The van der Waals surface area contributed by atoms with E-state index < -0.39 is 10.0 Å². The van der Waals surface area contributed by atoms with Crippen LogP contribution in [0.3, 0.4) is 0 Å². The van der Waals surface area contributed by atoms with Crippen LogP contribution in [0.2, 0.25) is 0 Å². The van der Waals surface area contributed by atoms with Gasteiger partial charge in [0.2, 0.25) is 10.0 Å². The average Bonchev–Trinajstić information content (AvgIpc) is 3.20. The molecular formula is C14H18N2O3S2. The van der Waals surface area contributed by atoms with Crippen LogP contribution in [0, 0.1) is 0 Å². The molecule has 1 aromatic heterocycles. The number of pyridine rings is 1. The van der Waals surface area contributed by atoms with Crippen LogP contribution in [0.5, 0.6) is 5.75 Å². The smallest absolute Gasteiger partial charge is 0.217 e. The molecule has 3 fully saturated rings. The molecule has 0 radical (unpaired) electrons. The highest BCUT2D eigenvalue weighted by Gasteiger charge is 2.55. The molecule has 2 aliphatic heterocycles. The summed E-state index contributed by atoms with van der Waals surface area (Å²) in [4.78, 5) is 4.05. The summed E-state index contributed by atoms with van der Waals surface area (Å²) in [5.74, 6) is 1.72. The van der Waals surface area contributed by atoms with E-state index in [9.17, 15) is 8.42 Å². The minimum Gasteiger partial charge on any atom is -0.488 e. The second-order valence-corrected chi connectivity index (χ2v) is 9.84. The van der Waals surface area contributed by atoms with Crippen molar-refractivity contribution in [2.45, 2.75) is 35.4 Å². The van der Waals surface area contributed by atoms with Gasteiger partial charge in [-0.15, -0.1) is 11.8 Å². The summed E-state index contributed by atoms with van der Waals surface area (Å²) in [5.41, 5.74) is 0. The minimum atomic E-state index is -3.00. The van der Waals surface area contributed by atoms with E-state index in [0.717, 1.165) is 30.8 Å². The summed E-state index contributed by atoms with van der Waals surface area (Å²) in [6.07, 6.45) is 6.20. The third kappa shape index (κ3) is 2.55. The van der Waals surface area contributed by atoms with Gasteiger partial charge in [0.25, 0.3) is 0 Å². The summed E-state index contributed by atoms with van der Waals surface area (Å²) in [6, 6.07) is 3.77. The van der Waals surface area contributed by atoms with E-state index in [0.29, 0.717) is 13.1 Å². The Kier molecular flexibility index (Phi) is 3.20. The second-order valence-electron chi connectivity index (χ2n) is 6.14. The van der Waals surface area contributed by atoms with Gasteiger partial charge in [-0.05, 0) is 25.0 Å². The molecule has 3 heterocycles. The molecule has 5 nitrogen and oxygen atoms in total. The molecule has 0 amide bonds. The van der Waals surface area contributed by atoms with Crippen molar-refractivity contribution < 1.29 is 13.2 Å². The van der Waals surface area contributed by atoms with E-state index in [2.05, 4.69) is 4.98 Å². The highest BCUT2D eigenvalue weighted by atomic mass is 32.2. The molecule has 7 heteroatoms. The monoisotopic (exact) mass is 326 g/mol. The standard InChI is InChI=1S/C14H18N2O3S2/c17-21(18,13-3-4-13)16-9-14(10-16)6-12(8-20-14)19-11-2-1-5-15-7-11/h1-2,5,7,12-13H,3-4,6,8-10H2. The Morgan fingerprint density at radius 1 is 1.38 bits per heavy atom. The Morgan fingerprint density at radius 2 is 2.19 bits per heavy atom. The van der Waals surface area contributed by atoms with Gasteiger partial charge in [0, 0.05) is 36.2 Å². The first-order valence-electron chi connectivity index (χ1n) is 7.27. The molecule has 2 saturated heterocycles. The lowest BCUT2D eigenvalue weighted by molar-refractivity contribution is 0.159. The van der Waals surface area contributed by atoms with Crippen LogP contribution in [-0.2, 0) is 10.0 Å². The van der Waals surface area contributed by atoms with Crippen molar-refractivity contribution in [2.24, 2.45) is 0 Å². The predicted molar refractivity (Wildman–Crippen MR) is 82.0 cm³/mol. The molecule has 0 bridgehead atoms. The third-order valence-electron chi connectivity index (χ3n) is 4.35. The lowest BCUT2D eigenvalue weighted by atomic mass is 9.95. The van der Waals surface area contributed by atoms with Gasteiger partial charge >= 0.3 is 0 Å². The van der Waals surface area contributed by atoms with Gasteiger partial charge in [-0.2, -0.15) is 4.31 Å². The van der Waals surface area contributed by atoms with Crippen molar-refractivity contribution in [3.8, 4) is 5.75 Å². The molecule has 3 aliphatic rings. The largest absolute Gasteiger partial charge is 0.488 e. The zero-order valence-electron chi connectivity index (χ0n) is 11.6. The molecule has 1 saturated carbocycles. The van der Waals surface area contributed by atoms with Gasteiger partial charge in [0.1, 0.15) is 11.9 Å². The number of rotatable bonds is 4. The number of nitrogens with zero attached hydrogens (tertiary/aromatic N) is 2. The van der Waals surface area contributed by atoms with E-state index in [1.54, 1.807) is 16.7 Å².